The number of nitrogens with zero attached hydrogens (tertiary/aromatic N) is 3. The van der Waals surface area contributed by atoms with Crippen LogP contribution < -0.4 is 0 Å². The van der Waals surface area contributed by atoms with Gasteiger partial charge >= 0.3 is 0 Å². The Morgan fingerprint density at radius 2 is 2.23 bits per heavy atom. The van der Waals surface area contributed by atoms with Crippen LogP contribution in [0.5, 0.6) is 0 Å². The minimum absolute atomic E-state index is 0.443. The molecule has 1 fully saturated rings. The lowest BCUT2D eigenvalue weighted by Gasteiger charge is -2.57. The zero-order valence-electron chi connectivity index (χ0n) is 8.41. The van der Waals surface area contributed by atoms with Crippen molar-refractivity contribution in [3.05, 3.63) is 21.7 Å². The number of rotatable bonds is 1. The predicted octanol–water partition coefficient (Wildman–Crippen LogP) is 3.64. The van der Waals surface area contributed by atoms with Gasteiger partial charge in [0.15, 0.2) is 0 Å². The van der Waals surface area contributed by atoms with E-state index in [0.717, 1.165) is 18.0 Å². The quantitative estimate of drug-likeness (QED) is 0.333. The van der Waals surface area contributed by atoms with Gasteiger partial charge in [-0.25, -0.2) is 0 Å². The van der Waals surface area contributed by atoms with Gasteiger partial charge in [0.1, 0.15) is 0 Å². The van der Waals surface area contributed by atoms with Crippen molar-refractivity contribution >= 4 is 0 Å². The van der Waals surface area contributed by atoms with E-state index in [9.17, 15) is 0 Å². The molecular weight excluding hydrogens is 162 g/mol. The van der Waals surface area contributed by atoms with Gasteiger partial charge in [0.05, 0.1) is 0 Å². The van der Waals surface area contributed by atoms with Crippen LogP contribution in [0.25, 0.3) is 10.4 Å². The molecule has 0 aromatic rings. The molecule has 0 amide bonds. The summed E-state index contributed by atoms with van der Waals surface area (Å²) < 4.78 is 0. The predicted molar refractivity (Wildman–Crippen MR) is 51.8 cm³/mol. The van der Waals surface area contributed by atoms with Crippen LogP contribution in [-0.4, -0.2) is 0 Å². The monoisotopic (exact) mass is 177 g/mol. The molecule has 0 aromatic carbocycles. The lowest BCUT2D eigenvalue weighted by Crippen LogP contribution is -2.48. The summed E-state index contributed by atoms with van der Waals surface area (Å²) in [6, 6.07) is 0. The van der Waals surface area contributed by atoms with Crippen molar-refractivity contribution in [2.75, 3.05) is 0 Å². The van der Waals surface area contributed by atoms with Gasteiger partial charge in [-0.3, -0.25) is 0 Å². The molecule has 0 saturated heterocycles. The molecule has 0 radical (unpaired) electrons. The summed E-state index contributed by atoms with van der Waals surface area (Å²) in [6.07, 6.45) is 2.28. The van der Waals surface area contributed by atoms with Crippen LogP contribution in [0.4, 0.5) is 0 Å². The van der Waals surface area contributed by atoms with E-state index in [1.54, 1.807) is 0 Å². The normalized spacial score (nSPS) is 35.0. The molecule has 70 valence electrons. The standard InChI is InChI=1S/C10H15N3/c1-6-8-4-7(10(8,2)3)5-9(6)12-13-11/h7-8H,4-5H2,1-3H3/t7-,8+/m0/s1. The highest BCUT2D eigenvalue weighted by molar-refractivity contribution is 5.27. The fourth-order valence-electron chi connectivity index (χ4n) is 2.87. The first-order valence-corrected chi connectivity index (χ1v) is 4.82. The van der Waals surface area contributed by atoms with Crippen molar-refractivity contribution in [2.45, 2.75) is 33.6 Å². The van der Waals surface area contributed by atoms with Crippen molar-refractivity contribution < 1.29 is 0 Å². The molecule has 3 rings (SSSR count). The van der Waals surface area contributed by atoms with Crippen LogP contribution in [0.15, 0.2) is 16.4 Å². The van der Waals surface area contributed by atoms with Crippen molar-refractivity contribution in [1.29, 1.82) is 0 Å². The second kappa shape index (κ2) is 2.52. The molecule has 3 nitrogen and oxygen atoms in total. The average molecular weight is 177 g/mol. The van der Waals surface area contributed by atoms with E-state index in [0.29, 0.717) is 11.3 Å². The van der Waals surface area contributed by atoms with E-state index in [1.807, 2.05) is 0 Å². The fraction of sp³-hybridized carbons (Fsp3) is 0.800. The molecule has 3 aliphatic rings. The molecule has 1 saturated carbocycles. The van der Waals surface area contributed by atoms with E-state index in [1.165, 1.54) is 12.0 Å². The highest BCUT2D eigenvalue weighted by Gasteiger charge is 2.51. The minimum Gasteiger partial charge on any atom is -0.0652 e. The van der Waals surface area contributed by atoms with Crippen LogP contribution in [0.1, 0.15) is 33.6 Å². The Bertz CT molecular complexity index is 321. The van der Waals surface area contributed by atoms with Gasteiger partial charge in [0, 0.05) is 10.6 Å². The molecule has 0 spiro atoms. The van der Waals surface area contributed by atoms with E-state index < -0.39 is 0 Å². The SMILES string of the molecule is CC1=C(N=[N+]=[N-])C[C@@H]2C[C@H]1C2(C)C. The van der Waals surface area contributed by atoms with E-state index >= 15 is 0 Å². The summed E-state index contributed by atoms with van der Waals surface area (Å²) in [5.74, 6) is 1.40. The first-order valence-electron chi connectivity index (χ1n) is 4.82. The molecule has 0 N–H and O–H groups in total. The first kappa shape index (κ1) is 8.64. The van der Waals surface area contributed by atoms with Gasteiger partial charge in [0.25, 0.3) is 0 Å². The Hall–Kier alpha value is -0.950. The maximum Gasteiger partial charge on any atom is 0.0146 e. The average Bonchev–Trinajstić information content (AvgIpc) is 2.08. The summed E-state index contributed by atoms with van der Waals surface area (Å²) in [5.41, 5.74) is 11.2. The third-order valence-corrected chi connectivity index (χ3v) is 4.05. The molecular formula is C10H15N3. The van der Waals surface area contributed by atoms with Gasteiger partial charge in [0.2, 0.25) is 0 Å². The van der Waals surface area contributed by atoms with E-state index in [2.05, 4.69) is 30.8 Å². The number of azide groups is 1. The second-order valence-electron chi connectivity index (χ2n) is 4.83. The Labute approximate surface area is 78.5 Å². The van der Waals surface area contributed by atoms with Crippen LogP contribution in [-0.2, 0) is 0 Å². The zero-order chi connectivity index (χ0) is 9.64. The minimum atomic E-state index is 0.443. The fourth-order valence-corrected chi connectivity index (χ4v) is 2.87. The zero-order valence-corrected chi connectivity index (χ0v) is 8.41. The van der Waals surface area contributed by atoms with Gasteiger partial charge in [-0.15, -0.1) is 0 Å². The first-order chi connectivity index (χ1) is 6.07. The van der Waals surface area contributed by atoms with Gasteiger partial charge < -0.3 is 0 Å². The van der Waals surface area contributed by atoms with Crippen LogP contribution >= 0.6 is 0 Å². The van der Waals surface area contributed by atoms with E-state index in [-0.39, 0.29) is 0 Å². The summed E-state index contributed by atoms with van der Waals surface area (Å²) in [4.78, 5) is 2.88. The third kappa shape index (κ3) is 1.00. The number of allylic oxidation sites excluding steroid dienone is 2. The summed E-state index contributed by atoms with van der Waals surface area (Å²) in [7, 11) is 0. The van der Waals surface area contributed by atoms with Gasteiger partial charge in [-0.2, -0.15) is 0 Å². The van der Waals surface area contributed by atoms with Gasteiger partial charge in [-0.05, 0) is 42.5 Å². The Morgan fingerprint density at radius 1 is 1.54 bits per heavy atom. The maximum absolute atomic E-state index is 8.39. The van der Waals surface area contributed by atoms with Crippen LogP contribution in [0.2, 0.25) is 0 Å². The summed E-state index contributed by atoms with van der Waals surface area (Å²) in [6.45, 7) is 6.76. The van der Waals surface area contributed by atoms with Crippen molar-refractivity contribution in [3.8, 4) is 0 Å². The lowest BCUT2D eigenvalue weighted by molar-refractivity contribution is -0.0104. The van der Waals surface area contributed by atoms with Crippen LogP contribution in [0.3, 0.4) is 0 Å². The molecule has 0 aromatic heterocycles. The molecule has 13 heavy (non-hydrogen) atoms. The number of hydrogen-bond donors (Lipinski definition) is 0. The summed E-state index contributed by atoms with van der Waals surface area (Å²) >= 11 is 0. The second-order valence-corrected chi connectivity index (χ2v) is 4.83. The van der Waals surface area contributed by atoms with Gasteiger partial charge in [-0.1, -0.05) is 24.5 Å². The number of fused-ring (bicyclic) bond motifs is 1. The third-order valence-electron chi connectivity index (χ3n) is 4.05. The highest BCUT2D eigenvalue weighted by atomic mass is 15.1. The van der Waals surface area contributed by atoms with E-state index in [4.69, 9.17) is 5.53 Å². The molecule has 0 heterocycles. The molecule has 3 heteroatoms. The topological polar surface area (TPSA) is 48.8 Å². The van der Waals surface area contributed by atoms with Crippen molar-refractivity contribution in [3.63, 3.8) is 0 Å². The number of hydrogen-bond acceptors (Lipinski definition) is 1. The molecule has 0 aliphatic heterocycles. The highest BCUT2D eigenvalue weighted by Crippen LogP contribution is 2.61. The molecule has 3 aliphatic carbocycles. The molecule has 2 bridgehead atoms. The Kier molecular flexibility index (Phi) is 1.67. The largest absolute Gasteiger partial charge is 0.0652 e. The maximum atomic E-state index is 8.39. The summed E-state index contributed by atoms with van der Waals surface area (Å²) in [5, 5.41) is 3.77. The Morgan fingerprint density at radius 3 is 2.69 bits per heavy atom. The molecule has 0 unspecified atom stereocenters. The lowest BCUT2D eigenvalue weighted by atomic mass is 9.48. The van der Waals surface area contributed by atoms with Crippen LogP contribution in [0, 0.1) is 17.3 Å². The van der Waals surface area contributed by atoms with Crippen molar-refractivity contribution in [1.82, 2.24) is 0 Å². The van der Waals surface area contributed by atoms with Crippen molar-refractivity contribution in [2.24, 2.45) is 22.4 Å². The Balaban J connectivity index is 2.36. The molecule has 2 atom stereocenters. The smallest absolute Gasteiger partial charge is 0.0146 e.